The van der Waals surface area contributed by atoms with Crippen LogP contribution in [0.4, 0.5) is 0 Å². The van der Waals surface area contributed by atoms with Crippen LogP contribution in [0.3, 0.4) is 0 Å². The molecule has 14 heavy (non-hydrogen) atoms. The van der Waals surface area contributed by atoms with Crippen LogP contribution in [0.5, 0.6) is 0 Å². The molecule has 6 heteroatoms. The number of rotatable bonds is 3. The van der Waals surface area contributed by atoms with Gasteiger partial charge in [0.1, 0.15) is 6.04 Å². The van der Waals surface area contributed by atoms with Crippen LogP contribution in [-0.4, -0.2) is 28.9 Å². The van der Waals surface area contributed by atoms with E-state index in [0.29, 0.717) is 11.4 Å². The van der Waals surface area contributed by atoms with Gasteiger partial charge in [-0.25, -0.2) is 0 Å². The average Bonchev–Trinajstić information content (AvgIpc) is 2.48. The second-order valence-electron chi connectivity index (χ2n) is 2.90. The number of esters is 1. The maximum Gasteiger partial charge on any atom is 0.323 e. The molecule has 0 aliphatic carbocycles. The van der Waals surface area contributed by atoms with Gasteiger partial charge in [-0.2, -0.15) is 5.10 Å². The largest absolute Gasteiger partial charge is 0.468 e. The molecular weight excluding hydrogens is 206 g/mol. The molecule has 0 aromatic carbocycles. The lowest BCUT2D eigenvalue weighted by Gasteiger charge is -2.09. The van der Waals surface area contributed by atoms with E-state index >= 15 is 0 Å². The maximum absolute atomic E-state index is 11.0. The molecule has 1 unspecified atom stereocenters. The van der Waals surface area contributed by atoms with Crippen LogP contribution in [0.15, 0.2) is 6.20 Å². The molecule has 0 aliphatic heterocycles. The molecule has 2 N–H and O–H groups in total. The van der Waals surface area contributed by atoms with Gasteiger partial charge in [-0.1, -0.05) is 11.6 Å². The molecule has 0 amide bonds. The van der Waals surface area contributed by atoms with Gasteiger partial charge in [-0.05, 0) is 0 Å². The third-order valence-corrected chi connectivity index (χ3v) is 2.24. The Kier molecular flexibility index (Phi) is 3.49. The number of nitrogens with two attached hydrogens (primary N) is 1. The SMILES string of the molecule is COC(=O)C(N)Cc1c(Cl)cnn1C. The van der Waals surface area contributed by atoms with Crippen molar-refractivity contribution in [2.75, 3.05) is 7.11 Å². The normalized spacial score (nSPS) is 12.6. The summed E-state index contributed by atoms with van der Waals surface area (Å²) in [6.45, 7) is 0. The van der Waals surface area contributed by atoms with Crippen LogP contribution >= 0.6 is 11.6 Å². The van der Waals surface area contributed by atoms with Gasteiger partial charge in [0.25, 0.3) is 0 Å². The van der Waals surface area contributed by atoms with Crippen LogP contribution in [0.25, 0.3) is 0 Å². The Labute approximate surface area is 86.8 Å². The summed E-state index contributed by atoms with van der Waals surface area (Å²) in [5, 5.41) is 4.44. The first kappa shape index (κ1) is 11.0. The van der Waals surface area contributed by atoms with E-state index in [0.717, 1.165) is 5.69 Å². The lowest BCUT2D eigenvalue weighted by Crippen LogP contribution is -2.34. The molecule has 0 spiro atoms. The van der Waals surface area contributed by atoms with E-state index in [1.807, 2.05) is 0 Å². The molecule has 0 saturated carbocycles. The Morgan fingerprint density at radius 1 is 1.86 bits per heavy atom. The minimum absolute atomic E-state index is 0.321. The first-order valence-corrected chi connectivity index (χ1v) is 4.43. The molecule has 1 rings (SSSR count). The zero-order valence-electron chi connectivity index (χ0n) is 8.03. The predicted molar refractivity (Wildman–Crippen MR) is 51.9 cm³/mol. The smallest absolute Gasteiger partial charge is 0.323 e. The highest BCUT2D eigenvalue weighted by molar-refractivity contribution is 6.31. The lowest BCUT2D eigenvalue weighted by atomic mass is 10.2. The second-order valence-corrected chi connectivity index (χ2v) is 3.30. The summed E-state index contributed by atoms with van der Waals surface area (Å²) in [4.78, 5) is 11.0. The van der Waals surface area contributed by atoms with Crippen LogP contribution in [0, 0.1) is 0 Å². The van der Waals surface area contributed by atoms with Gasteiger partial charge in [0, 0.05) is 13.5 Å². The van der Waals surface area contributed by atoms with Crippen molar-refractivity contribution in [2.24, 2.45) is 12.8 Å². The number of halogens is 1. The molecule has 0 bridgehead atoms. The summed E-state index contributed by atoms with van der Waals surface area (Å²) in [6, 6.07) is -0.701. The molecule has 1 atom stereocenters. The van der Waals surface area contributed by atoms with E-state index < -0.39 is 12.0 Å². The van der Waals surface area contributed by atoms with Crippen LogP contribution in [0.1, 0.15) is 5.69 Å². The first-order chi connectivity index (χ1) is 6.56. The van der Waals surface area contributed by atoms with E-state index in [2.05, 4.69) is 9.84 Å². The van der Waals surface area contributed by atoms with Gasteiger partial charge in [-0.15, -0.1) is 0 Å². The van der Waals surface area contributed by atoms with Gasteiger partial charge in [0.15, 0.2) is 0 Å². The van der Waals surface area contributed by atoms with Crippen LogP contribution < -0.4 is 5.73 Å². The van der Waals surface area contributed by atoms with Crippen molar-refractivity contribution >= 4 is 17.6 Å². The third-order valence-electron chi connectivity index (χ3n) is 1.93. The summed E-state index contributed by atoms with van der Waals surface area (Å²) >= 11 is 5.85. The zero-order chi connectivity index (χ0) is 10.7. The number of nitrogens with zero attached hydrogens (tertiary/aromatic N) is 2. The Balaban J connectivity index is 2.73. The van der Waals surface area contributed by atoms with Crippen molar-refractivity contribution in [3.63, 3.8) is 0 Å². The van der Waals surface area contributed by atoms with Crippen LogP contribution in [-0.2, 0) is 23.0 Å². The highest BCUT2D eigenvalue weighted by Gasteiger charge is 2.18. The fourth-order valence-corrected chi connectivity index (χ4v) is 1.35. The Hall–Kier alpha value is -1.07. The maximum atomic E-state index is 11.0. The van der Waals surface area contributed by atoms with Crippen molar-refractivity contribution in [3.8, 4) is 0 Å². The number of carbonyl (C=O) groups is 1. The lowest BCUT2D eigenvalue weighted by molar-refractivity contribution is -0.142. The van der Waals surface area contributed by atoms with E-state index in [4.69, 9.17) is 17.3 Å². The Morgan fingerprint density at radius 2 is 2.50 bits per heavy atom. The molecule has 1 aromatic heterocycles. The van der Waals surface area contributed by atoms with Crippen molar-refractivity contribution < 1.29 is 9.53 Å². The molecule has 5 nitrogen and oxygen atoms in total. The highest BCUT2D eigenvalue weighted by Crippen LogP contribution is 2.15. The first-order valence-electron chi connectivity index (χ1n) is 4.06. The van der Waals surface area contributed by atoms with Crippen LogP contribution in [0.2, 0.25) is 5.02 Å². The Morgan fingerprint density at radius 3 is 2.93 bits per heavy atom. The summed E-state index contributed by atoms with van der Waals surface area (Å²) in [6.07, 6.45) is 1.84. The van der Waals surface area contributed by atoms with Gasteiger partial charge < -0.3 is 10.5 Å². The fourth-order valence-electron chi connectivity index (χ4n) is 1.11. The minimum Gasteiger partial charge on any atom is -0.468 e. The number of ether oxygens (including phenoxy) is 1. The number of aryl methyl sites for hydroxylation is 1. The number of hydrogen-bond donors (Lipinski definition) is 1. The van der Waals surface area contributed by atoms with Gasteiger partial charge in [0.05, 0.1) is 24.0 Å². The van der Waals surface area contributed by atoms with Gasteiger partial charge in [-0.3, -0.25) is 9.48 Å². The molecule has 0 saturated heterocycles. The van der Waals surface area contributed by atoms with Crippen molar-refractivity contribution in [2.45, 2.75) is 12.5 Å². The topological polar surface area (TPSA) is 70.1 Å². The summed E-state index contributed by atoms with van der Waals surface area (Å²) in [5.41, 5.74) is 6.31. The zero-order valence-corrected chi connectivity index (χ0v) is 8.78. The third kappa shape index (κ3) is 2.24. The number of methoxy groups -OCH3 is 1. The van der Waals surface area contributed by atoms with Crippen molar-refractivity contribution in [1.82, 2.24) is 9.78 Å². The summed E-state index contributed by atoms with van der Waals surface area (Å²) in [5.74, 6) is -0.456. The molecule has 1 heterocycles. The predicted octanol–water partition coefficient (Wildman–Crippen LogP) is 0.116. The molecular formula is C8H12ClN3O2. The quantitative estimate of drug-likeness (QED) is 0.730. The number of hydrogen-bond acceptors (Lipinski definition) is 4. The monoisotopic (exact) mass is 217 g/mol. The van der Waals surface area contributed by atoms with Gasteiger partial charge in [0.2, 0.25) is 0 Å². The molecule has 0 radical (unpaired) electrons. The standard InChI is InChI=1S/C8H12ClN3O2/c1-12-7(5(9)4-11-12)3-6(10)8(13)14-2/h4,6H,3,10H2,1-2H3. The van der Waals surface area contributed by atoms with E-state index in [1.54, 1.807) is 11.7 Å². The molecule has 0 aliphatic rings. The van der Waals surface area contributed by atoms with E-state index in [1.165, 1.54) is 13.3 Å². The van der Waals surface area contributed by atoms with Gasteiger partial charge >= 0.3 is 5.97 Å². The molecule has 1 aromatic rings. The number of aromatic nitrogens is 2. The minimum atomic E-state index is -0.701. The molecule has 78 valence electrons. The van der Waals surface area contributed by atoms with E-state index in [-0.39, 0.29) is 0 Å². The Bertz CT molecular complexity index is 318. The highest BCUT2D eigenvalue weighted by atomic mass is 35.5. The fraction of sp³-hybridized carbons (Fsp3) is 0.500. The van der Waals surface area contributed by atoms with Crippen molar-refractivity contribution in [3.05, 3.63) is 16.9 Å². The number of carbonyl (C=O) groups excluding carboxylic acids is 1. The summed E-state index contributed by atoms with van der Waals surface area (Å²) < 4.78 is 6.09. The second kappa shape index (κ2) is 4.43. The average molecular weight is 218 g/mol. The summed E-state index contributed by atoms with van der Waals surface area (Å²) in [7, 11) is 3.04. The van der Waals surface area contributed by atoms with E-state index in [9.17, 15) is 4.79 Å². The van der Waals surface area contributed by atoms with Crippen molar-refractivity contribution in [1.29, 1.82) is 0 Å². The molecule has 0 fully saturated rings.